The number of carbonyl (C=O) groups is 1. The molecule has 0 saturated heterocycles. The average molecular weight is 382 g/mol. The first-order valence-corrected chi connectivity index (χ1v) is 7.55. The van der Waals surface area contributed by atoms with E-state index < -0.39 is 0 Å². The van der Waals surface area contributed by atoms with E-state index in [1.807, 2.05) is 0 Å². The maximum atomic E-state index is 11.8. The molecule has 84 valence electrons. The maximum Gasteiger partial charge on any atom is 0.253 e. The summed E-state index contributed by atoms with van der Waals surface area (Å²) in [5, 5.41) is 2.84. The molecule has 0 aliphatic rings. The molecule has 0 atom stereocenters. The van der Waals surface area contributed by atoms with Gasteiger partial charge in [-0.1, -0.05) is 0 Å². The Morgan fingerprint density at radius 3 is 2.88 bits per heavy atom. The van der Waals surface area contributed by atoms with Crippen molar-refractivity contribution in [2.75, 3.05) is 0 Å². The Kier molecular flexibility index (Phi) is 4.12. The van der Waals surface area contributed by atoms with E-state index in [0.717, 1.165) is 12.4 Å². The monoisotopic (exact) mass is 380 g/mol. The molecule has 2 rings (SSSR count). The molecule has 0 bridgehead atoms. The van der Waals surface area contributed by atoms with Crippen LogP contribution >= 0.6 is 54.5 Å². The van der Waals surface area contributed by atoms with Crippen LogP contribution in [0.5, 0.6) is 0 Å². The molecule has 0 radical (unpaired) electrons. The van der Waals surface area contributed by atoms with Crippen LogP contribution in [0.25, 0.3) is 0 Å². The van der Waals surface area contributed by atoms with Crippen molar-refractivity contribution >= 4 is 60.4 Å². The zero-order chi connectivity index (χ0) is 11.5. The summed E-state index contributed by atoms with van der Waals surface area (Å²) >= 11 is 9.71. The molecule has 7 heteroatoms. The minimum atomic E-state index is -0.0813. The Hall–Kier alpha value is -0.240. The number of carbonyl (C=O) groups excluding carboxylic acids is 1. The number of rotatable bonds is 3. The zero-order valence-corrected chi connectivity index (χ0v) is 12.7. The summed E-state index contributed by atoms with van der Waals surface area (Å²) in [4.78, 5) is 16.8. The SMILES string of the molecule is O=C(NCc1cncs1)c1cc(Br)sc1Br. The molecule has 0 unspecified atom stereocenters. The van der Waals surface area contributed by atoms with Gasteiger partial charge >= 0.3 is 0 Å². The van der Waals surface area contributed by atoms with E-state index in [1.54, 1.807) is 17.8 Å². The van der Waals surface area contributed by atoms with Gasteiger partial charge in [-0.3, -0.25) is 9.78 Å². The lowest BCUT2D eigenvalue weighted by molar-refractivity contribution is 0.0951. The minimum Gasteiger partial charge on any atom is -0.347 e. The van der Waals surface area contributed by atoms with E-state index in [9.17, 15) is 4.79 Å². The molecule has 0 aromatic carbocycles. The lowest BCUT2D eigenvalue weighted by atomic mass is 10.3. The van der Waals surface area contributed by atoms with Crippen molar-refractivity contribution in [3.8, 4) is 0 Å². The summed E-state index contributed by atoms with van der Waals surface area (Å²) in [6, 6.07) is 1.80. The number of amides is 1. The molecule has 3 nitrogen and oxygen atoms in total. The lowest BCUT2D eigenvalue weighted by Crippen LogP contribution is -2.22. The molecule has 0 saturated carbocycles. The van der Waals surface area contributed by atoms with Crippen molar-refractivity contribution in [3.63, 3.8) is 0 Å². The second-order valence-corrected chi connectivity index (χ2v) is 7.61. The van der Waals surface area contributed by atoms with Gasteiger partial charge in [-0.15, -0.1) is 22.7 Å². The number of halogens is 2. The van der Waals surface area contributed by atoms with E-state index in [4.69, 9.17) is 0 Å². The molecular weight excluding hydrogens is 376 g/mol. The van der Waals surface area contributed by atoms with Gasteiger partial charge in [0.25, 0.3) is 5.91 Å². The third kappa shape index (κ3) is 2.91. The summed E-state index contributed by atoms with van der Waals surface area (Å²) in [5.74, 6) is -0.0813. The molecule has 2 aromatic heterocycles. The Morgan fingerprint density at radius 1 is 1.50 bits per heavy atom. The second-order valence-electron chi connectivity index (χ2n) is 2.89. The molecule has 0 spiro atoms. The summed E-state index contributed by atoms with van der Waals surface area (Å²) < 4.78 is 1.77. The second kappa shape index (κ2) is 5.39. The Balaban J connectivity index is 2.01. The van der Waals surface area contributed by atoms with Crippen molar-refractivity contribution in [3.05, 3.63) is 35.8 Å². The number of aromatic nitrogens is 1. The fourth-order valence-electron chi connectivity index (χ4n) is 1.09. The maximum absolute atomic E-state index is 11.8. The number of nitrogens with one attached hydrogen (secondary N) is 1. The van der Waals surface area contributed by atoms with Gasteiger partial charge in [-0.05, 0) is 37.9 Å². The van der Waals surface area contributed by atoms with Gasteiger partial charge in [-0.25, -0.2) is 0 Å². The molecule has 1 amide bonds. The number of nitrogens with zero attached hydrogens (tertiary/aromatic N) is 1. The zero-order valence-electron chi connectivity index (χ0n) is 7.87. The largest absolute Gasteiger partial charge is 0.347 e. The molecular formula is C9H6Br2N2OS2. The van der Waals surface area contributed by atoms with Crippen molar-refractivity contribution in [1.29, 1.82) is 0 Å². The third-order valence-electron chi connectivity index (χ3n) is 1.81. The van der Waals surface area contributed by atoms with Gasteiger partial charge in [-0.2, -0.15) is 0 Å². The summed E-state index contributed by atoms with van der Waals surface area (Å²) in [6.45, 7) is 0.517. The number of thiophene rings is 1. The first-order chi connectivity index (χ1) is 7.66. The predicted octanol–water partition coefficient (Wildman–Crippen LogP) is 3.66. The van der Waals surface area contributed by atoms with Crippen LogP contribution in [-0.2, 0) is 6.54 Å². The van der Waals surface area contributed by atoms with E-state index >= 15 is 0 Å². The van der Waals surface area contributed by atoms with E-state index in [1.165, 1.54) is 22.7 Å². The van der Waals surface area contributed by atoms with Gasteiger partial charge in [0, 0.05) is 11.1 Å². The highest BCUT2D eigenvalue weighted by Gasteiger charge is 2.13. The van der Waals surface area contributed by atoms with Crippen LogP contribution in [0, 0.1) is 0 Å². The van der Waals surface area contributed by atoms with Crippen LogP contribution in [-0.4, -0.2) is 10.9 Å². The quantitative estimate of drug-likeness (QED) is 0.881. The van der Waals surface area contributed by atoms with Crippen molar-refractivity contribution in [2.24, 2.45) is 0 Å². The molecule has 0 aliphatic carbocycles. The van der Waals surface area contributed by atoms with Crippen LogP contribution < -0.4 is 5.32 Å². The molecule has 1 N–H and O–H groups in total. The number of hydrogen-bond acceptors (Lipinski definition) is 4. The molecule has 2 aromatic rings. The minimum absolute atomic E-state index is 0.0813. The Bertz CT molecular complexity index is 496. The summed E-state index contributed by atoms with van der Waals surface area (Å²) in [7, 11) is 0. The van der Waals surface area contributed by atoms with Crippen LogP contribution in [0.15, 0.2) is 25.3 Å². The predicted molar refractivity (Wildman–Crippen MR) is 73.0 cm³/mol. The number of thiazole rings is 1. The van der Waals surface area contributed by atoms with Crippen LogP contribution in [0.3, 0.4) is 0 Å². The standard InChI is InChI=1S/C9H6Br2N2OS2/c10-7-1-6(8(11)16-7)9(14)13-3-5-2-12-4-15-5/h1-2,4H,3H2,(H,13,14). The topological polar surface area (TPSA) is 42.0 Å². The van der Waals surface area contributed by atoms with E-state index in [0.29, 0.717) is 12.1 Å². The van der Waals surface area contributed by atoms with Crippen molar-refractivity contribution in [2.45, 2.75) is 6.54 Å². The van der Waals surface area contributed by atoms with Crippen LogP contribution in [0.1, 0.15) is 15.2 Å². The highest BCUT2D eigenvalue weighted by molar-refractivity contribution is 9.12. The van der Waals surface area contributed by atoms with Gasteiger partial charge < -0.3 is 5.32 Å². The van der Waals surface area contributed by atoms with E-state index in [-0.39, 0.29) is 5.91 Å². The van der Waals surface area contributed by atoms with Crippen molar-refractivity contribution in [1.82, 2.24) is 10.3 Å². The van der Waals surface area contributed by atoms with Gasteiger partial charge in [0.2, 0.25) is 0 Å². The fraction of sp³-hybridized carbons (Fsp3) is 0.111. The van der Waals surface area contributed by atoms with Gasteiger partial charge in [0.05, 0.1) is 25.2 Å². The molecule has 16 heavy (non-hydrogen) atoms. The Morgan fingerprint density at radius 2 is 2.31 bits per heavy atom. The molecule has 0 fully saturated rings. The highest BCUT2D eigenvalue weighted by atomic mass is 79.9. The lowest BCUT2D eigenvalue weighted by Gasteiger charge is -2.01. The highest BCUT2D eigenvalue weighted by Crippen LogP contribution is 2.31. The van der Waals surface area contributed by atoms with Gasteiger partial charge in [0.1, 0.15) is 0 Å². The first kappa shape index (κ1) is 12.2. The average Bonchev–Trinajstić information content (AvgIpc) is 2.84. The van der Waals surface area contributed by atoms with Gasteiger partial charge in [0.15, 0.2) is 0 Å². The van der Waals surface area contributed by atoms with Crippen molar-refractivity contribution < 1.29 is 4.79 Å². The third-order valence-corrected chi connectivity index (χ3v) is 4.93. The normalized spacial score (nSPS) is 10.4. The first-order valence-electron chi connectivity index (χ1n) is 4.27. The van der Waals surface area contributed by atoms with E-state index in [2.05, 4.69) is 42.2 Å². The van der Waals surface area contributed by atoms with Crippen LogP contribution in [0.2, 0.25) is 0 Å². The Labute approximate surface area is 117 Å². The summed E-state index contributed by atoms with van der Waals surface area (Å²) in [6.07, 6.45) is 1.75. The fourth-order valence-corrected chi connectivity index (χ4v) is 4.41. The molecule has 2 heterocycles. The summed E-state index contributed by atoms with van der Waals surface area (Å²) in [5.41, 5.74) is 2.40. The smallest absolute Gasteiger partial charge is 0.253 e. The number of hydrogen-bond donors (Lipinski definition) is 1. The van der Waals surface area contributed by atoms with Crippen LogP contribution in [0.4, 0.5) is 0 Å². The molecule has 0 aliphatic heterocycles.